The molecule has 0 unspecified atom stereocenters. The molecule has 0 bridgehead atoms. The van der Waals surface area contributed by atoms with Gasteiger partial charge in [-0.15, -0.1) is 0 Å². The zero-order chi connectivity index (χ0) is 18.4. The Kier molecular flexibility index (Phi) is 5.49. The van der Waals surface area contributed by atoms with Gasteiger partial charge in [-0.1, -0.05) is 72.8 Å². The van der Waals surface area contributed by atoms with Crippen LogP contribution in [0.25, 0.3) is 10.8 Å². The molecule has 26 heavy (non-hydrogen) atoms. The van der Waals surface area contributed by atoms with E-state index in [9.17, 15) is 9.59 Å². The van der Waals surface area contributed by atoms with E-state index < -0.39 is 18.0 Å². The Balaban J connectivity index is 1.71. The molecule has 0 spiro atoms. The van der Waals surface area contributed by atoms with Gasteiger partial charge in [0.2, 0.25) is 0 Å². The summed E-state index contributed by atoms with van der Waals surface area (Å²) in [5.74, 6) is -0.513. The van der Waals surface area contributed by atoms with Crippen molar-refractivity contribution >= 4 is 22.8 Å². The van der Waals surface area contributed by atoms with Gasteiger partial charge in [0.15, 0.2) is 0 Å². The zero-order valence-electron chi connectivity index (χ0n) is 14.2. The lowest BCUT2D eigenvalue weighted by Crippen LogP contribution is -2.45. The predicted octanol–water partition coefficient (Wildman–Crippen LogP) is 3.16. The molecule has 0 aliphatic carbocycles. The molecular formula is C21H20N2O3. The van der Waals surface area contributed by atoms with Crippen LogP contribution in [0.5, 0.6) is 0 Å². The molecule has 0 saturated heterocycles. The van der Waals surface area contributed by atoms with Crippen molar-refractivity contribution in [3.63, 3.8) is 0 Å². The number of benzene rings is 3. The highest BCUT2D eigenvalue weighted by molar-refractivity contribution is 5.86. The van der Waals surface area contributed by atoms with E-state index in [4.69, 9.17) is 10.5 Å². The summed E-state index contributed by atoms with van der Waals surface area (Å²) in [7, 11) is 0. The topological polar surface area (TPSA) is 81.4 Å². The van der Waals surface area contributed by atoms with Crippen LogP contribution in [-0.4, -0.2) is 18.0 Å². The number of esters is 1. The number of primary amides is 1. The minimum Gasteiger partial charge on any atom is -0.459 e. The molecule has 5 heteroatoms. The average Bonchev–Trinajstić information content (AvgIpc) is 2.66. The summed E-state index contributed by atoms with van der Waals surface area (Å²) in [6, 6.07) is 21.6. The lowest BCUT2D eigenvalue weighted by molar-refractivity contribution is -0.147. The van der Waals surface area contributed by atoms with Gasteiger partial charge in [0, 0.05) is 6.42 Å². The van der Waals surface area contributed by atoms with Crippen molar-refractivity contribution in [2.45, 2.75) is 19.1 Å². The monoisotopic (exact) mass is 348 g/mol. The summed E-state index contributed by atoms with van der Waals surface area (Å²) in [5, 5.41) is 4.58. The van der Waals surface area contributed by atoms with Gasteiger partial charge in [0.05, 0.1) is 0 Å². The number of carbonyl (C=O) groups is 2. The zero-order valence-corrected chi connectivity index (χ0v) is 14.2. The highest BCUT2D eigenvalue weighted by Gasteiger charge is 2.22. The lowest BCUT2D eigenvalue weighted by Gasteiger charge is -2.17. The summed E-state index contributed by atoms with van der Waals surface area (Å²) in [6.45, 7) is 0.131. The van der Waals surface area contributed by atoms with Crippen LogP contribution >= 0.6 is 0 Å². The first-order chi connectivity index (χ1) is 12.6. The van der Waals surface area contributed by atoms with E-state index in [0.29, 0.717) is 6.42 Å². The van der Waals surface area contributed by atoms with E-state index in [1.807, 2.05) is 72.8 Å². The van der Waals surface area contributed by atoms with Gasteiger partial charge in [-0.2, -0.15) is 0 Å². The van der Waals surface area contributed by atoms with Gasteiger partial charge in [0.25, 0.3) is 0 Å². The molecule has 3 aromatic carbocycles. The Bertz CT molecular complexity index is 904. The van der Waals surface area contributed by atoms with E-state index in [-0.39, 0.29) is 6.61 Å². The number of rotatable bonds is 6. The van der Waals surface area contributed by atoms with Gasteiger partial charge in [-0.05, 0) is 21.9 Å². The van der Waals surface area contributed by atoms with Gasteiger partial charge in [-0.3, -0.25) is 0 Å². The summed E-state index contributed by atoms with van der Waals surface area (Å²) >= 11 is 0. The quantitative estimate of drug-likeness (QED) is 0.671. The Hall–Kier alpha value is -3.34. The third-order valence-corrected chi connectivity index (χ3v) is 4.13. The largest absolute Gasteiger partial charge is 0.459 e. The second kappa shape index (κ2) is 8.16. The number of hydrogen-bond acceptors (Lipinski definition) is 3. The number of urea groups is 1. The van der Waals surface area contributed by atoms with E-state index in [1.165, 1.54) is 0 Å². The van der Waals surface area contributed by atoms with Crippen LogP contribution in [-0.2, 0) is 22.6 Å². The van der Waals surface area contributed by atoms with Crippen LogP contribution in [0.1, 0.15) is 11.1 Å². The normalized spacial score (nSPS) is 11.7. The minimum absolute atomic E-state index is 0.131. The van der Waals surface area contributed by atoms with Crippen molar-refractivity contribution in [2.75, 3.05) is 0 Å². The van der Waals surface area contributed by atoms with E-state index in [0.717, 1.165) is 21.9 Å². The first-order valence-corrected chi connectivity index (χ1v) is 8.36. The molecule has 1 atom stereocenters. The predicted molar refractivity (Wildman–Crippen MR) is 100 cm³/mol. The smallest absolute Gasteiger partial charge is 0.329 e. The van der Waals surface area contributed by atoms with Gasteiger partial charge >= 0.3 is 12.0 Å². The van der Waals surface area contributed by atoms with Gasteiger partial charge in [-0.25, -0.2) is 9.59 Å². The van der Waals surface area contributed by atoms with Crippen LogP contribution in [0, 0.1) is 0 Å². The van der Waals surface area contributed by atoms with Crippen molar-refractivity contribution in [1.29, 1.82) is 0 Å². The van der Waals surface area contributed by atoms with Crippen molar-refractivity contribution in [3.05, 3.63) is 83.9 Å². The second-order valence-electron chi connectivity index (χ2n) is 6.00. The van der Waals surface area contributed by atoms with Gasteiger partial charge < -0.3 is 15.8 Å². The summed E-state index contributed by atoms with van der Waals surface area (Å²) < 4.78 is 5.46. The average molecular weight is 348 g/mol. The molecule has 0 radical (unpaired) electrons. The minimum atomic E-state index is -0.829. The maximum Gasteiger partial charge on any atom is 0.329 e. The number of hydrogen-bond donors (Lipinski definition) is 2. The van der Waals surface area contributed by atoms with Crippen molar-refractivity contribution in [2.24, 2.45) is 5.73 Å². The number of nitrogens with one attached hydrogen (secondary N) is 1. The van der Waals surface area contributed by atoms with E-state index in [2.05, 4.69) is 5.32 Å². The molecule has 3 N–H and O–H groups in total. The molecule has 3 rings (SSSR count). The fourth-order valence-corrected chi connectivity index (χ4v) is 2.88. The molecule has 5 nitrogen and oxygen atoms in total. The maximum atomic E-state index is 12.5. The van der Waals surface area contributed by atoms with Crippen LogP contribution in [0.2, 0.25) is 0 Å². The Labute approximate surface area is 151 Å². The summed E-state index contributed by atoms with van der Waals surface area (Å²) in [6.07, 6.45) is 0.318. The fourth-order valence-electron chi connectivity index (χ4n) is 2.88. The summed E-state index contributed by atoms with van der Waals surface area (Å²) in [5.41, 5.74) is 7.03. The molecule has 132 valence electrons. The molecule has 0 aromatic heterocycles. The standard InChI is InChI=1S/C21H20N2O3/c22-21(25)23-19(13-15-7-2-1-3-8-15)20(24)26-14-17-11-6-10-16-9-4-5-12-18(16)17/h1-12,19H,13-14H2,(H3,22,23,25)/t19-/m0/s1. The summed E-state index contributed by atoms with van der Waals surface area (Å²) in [4.78, 5) is 23.8. The lowest BCUT2D eigenvalue weighted by atomic mass is 10.0. The molecule has 0 saturated carbocycles. The van der Waals surface area contributed by atoms with Crippen LogP contribution < -0.4 is 11.1 Å². The number of fused-ring (bicyclic) bond motifs is 1. The van der Waals surface area contributed by atoms with Crippen LogP contribution in [0.4, 0.5) is 4.79 Å². The molecule has 0 fully saturated rings. The SMILES string of the molecule is NC(=O)N[C@@H](Cc1ccccc1)C(=O)OCc1cccc2ccccc12. The Morgan fingerprint density at radius 2 is 1.62 bits per heavy atom. The van der Waals surface area contributed by atoms with Crippen molar-refractivity contribution in [1.82, 2.24) is 5.32 Å². The number of ether oxygens (including phenoxy) is 1. The highest BCUT2D eigenvalue weighted by Crippen LogP contribution is 2.19. The van der Waals surface area contributed by atoms with Crippen LogP contribution in [0.3, 0.4) is 0 Å². The highest BCUT2D eigenvalue weighted by atomic mass is 16.5. The molecular weight excluding hydrogens is 328 g/mol. The first-order valence-electron chi connectivity index (χ1n) is 8.36. The van der Waals surface area contributed by atoms with Crippen molar-refractivity contribution < 1.29 is 14.3 Å². The molecule has 0 heterocycles. The Morgan fingerprint density at radius 1 is 0.923 bits per heavy atom. The van der Waals surface area contributed by atoms with E-state index >= 15 is 0 Å². The van der Waals surface area contributed by atoms with Crippen molar-refractivity contribution in [3.8, 4) is 0 Å². The third-order valence-electron chi connectivity index (χ3n) is 4.13. The van der Waals surface area contributed by atoms with E-state index in [1.54, 1.807) is 0 Å². The van der Waals surface area contributed by atoms with Crippen LogP contribution in [0.15, 0.2) is 72.8 Å². The maximum absolute atomic E-state index is 12.5. The number of nitrogens with two attached hydrogens (primary N) is 1. The van der Waals surface area contributed by atoms with Gasteiger partial charge in [0.1, 0.15) is 12.6 Å². The molecule has 3 aromatic rings. The second-order valence-corrected chi connectivity index (χ2v) is 6.00. The molecule has 0 aliphatic heterocycles. The Morgan fingerprint density at radius 3 is 2.38 bits per heavy atom. The fraction of sp³-hybridized carbons (Fsp3) is 0.143. The number of carbonyl (C=O) groups excluding carboxylic acids is 2. The first kappa shape index (κ1) is 17.5. The molecule has 2 amide bonds. The molecule has 0 aliphatic rings. The number of amides is 2. The third kappa shape index (κ3) is 4.39.